The van der Waals surface area contributed by atoms with E-state index in [2.05, 4.69) is 4.74 Å². The zero-order valence-electron chi connectivity index (χ0n) is 6.60. The van der Waals surface area contributed by atoms with E-state index >= 15 is 0 Å². The van der Waals surface area contributed by atoms with Crippen LogP contribution in [0, 0.1) is 0 Å². The lowest BCUT2D eigenvalue weighted by molar-refractivity contribution is -0.174. The zero-order chi connectivity index (χ0) is 10.4. The highest BCUT2D eigenvalue weighted by atomic mass is 16.6. The van der Waals surface area contributed by atoms with Crippen LogP contribution in [0.3, 0.4) is 0 Å². The molecule has 0 aromatic carbocycles. The molecule has 0 unspecified atom stereocenters. The van der Waals surface area contributed by atoms with Crippen molar-refractivity contribution in [2.75, 3.05) is 6.54 Å². The van der Waals surface area contributed by atoms with Crippen molar-refractivity contribution in [3.8, 4) is 0 Å². The number of hydrogen-bond donors (Lipinski definition) is 3. The number of nitrogens with two attached hydrogens (primary N) is 1. The molecular weight excluding hydrogens is 182 g/mol. The highest BCUT2D eigenvalue weighted by Crippen LogP contribution is 1.95. The minimum Gasteiger partial charge on any atom is -0.478 e. The lowest BCUT2D eigenvalue weighted by Crippen LogP contribution is -2.35. The molecule has 13 heavy (non-hydrogen) atoms. The second-order valence-electron chi connectivity index (χ2n) is 2.09. The van der Waals surface area contributed by atoms with E-state index in [1.165, 1.54) is 0 Å². The van der Waals surface area contributed by atoms with Gasteiger partial charge >= 0.3 is 17.9 Å². The lowest BCUT2D eigenvalue weighted by Gasteiger charge is -2.07. The predicted molar refractivity (Wildman–Crippen MR) is 38.8 cm³/mol. The van der Waals surface area contributed by atoms with Gasteiger partial charge in [0, 0.05) is 6.54 Å². The van der Waals surface area contributed by atoms with Gasteiger partial charge in [-0.3, -0.25) is 4.79 Å². The molecule has 0 amide bonds. The number of carbonyl (C=O) groups is 3. The third-order valence-corrected chi connectivity index (χ3v) is 1.05. The summed E-state index contributed by atoms with van der Waals surface area (Å²) in [5.74, 6) is -4.40. The van der Waals surface area contributed by atoms with E-state index in [9.17, 15) is 14.4 Å². The Kier molecular flexibility index (Phi) is 4.45. The Hall–Kier alpha value is -1.63. The fraction of sp³-hybridized carbons (Fsp3) is 0.500. The van der Waals surface area contributed by atoms with Crippen LogP contribution in [0.4, 0.5) is 0 Å². The first kappa shape index (κ1) is 11.4. The summed E-state index contributed by atoms with van der Waals surface area (Å²) in [7, 11) is 0. The number of carbonyl (C=O) groups excluding carboxylic acids is 1. The SMILES string of the molecule is NCCC(=O)OC(C(=O)O)C(=O)O. The molecule has 0 bridgehead atoms. The molecule has 0 aliphatic carbocycles. The number of rotatable bonds is 5. The molecule has 0 saturated heterocycles. The molecule has 0 aliphatic heterocycles. The molecule has 0 spiro atoms. The molecule has 0 fully saturated rings. The molecule has 0 radical (unpaired) electrons. The summed E-state index contributed by atoms with van der Waals surface area (Å²) in [4.78, 5) is 31.0. The fourth-order valence-electron chi connectivity index (χ4n) is 0.515. The number of hydrogen-bond acceptors (Lipinski definition) is 5. The van der Waals surface area contributed by atoms with Gasteiger partial charge < -0.3 is 20.7 Å². The Morgan fingerprint density at radius 2 is 1.69 bits per heavy atom. The predicted octanol–water partition coefficient (Wildman–Crippen LogP) is -1.58. The topological polar surface area (TPSA) is 127 Å². The van der Waals surface area contributed by atoms with Crippen LogP contribution in [0.15, 0.2) is 0 Å². The Labute approximate surface area is 73.1 Å². The Balaban J connectivity index is 4.19. The second-order valence-corrected chi connectivity index (χ2v) is 2.09. The van der Waals surface area contributed by atoms with E-state index in [0.717, 1.165) is 0 Å². The van der Waals surface area contributed by atoms with Crippen molar-refractivity contribution in [1.82, 2.24) is 0 Å². The molecule has 0 aromatic heterocycles. The van der Waals surface area contributed by atoms with Gasteiger partial charge in [-0.2, -0.15) is 0 Å². The maximum Gasteiger partial charge on any atom is 0.356 e. The van der Waals surface area contributed by atoms with Crippen LogP contribution in [-0.4, -0.2) is 40.8 Å². The van der Waals surface area contributed by atoms with Crippen LogP contribution in [0.2, 0.25) is 0 Å². The second kappa shape index (κ2) is 5.09. The molecule has 0 rings (SSSR count). The van der Waals surface area contributed by atoms with Crippen LogP contribution in [0.5, 0.6) is 0 Å². The first-order valence-electron chi connectivity index (χ1n) is 3.34. The fourth-order valence-corrected chi connectivity index (χ4v) is 0.515. The molecule has 4 N–H and O–H groups in total. The van der Waals surface area contributed by atoms with Gasteiger partial charge in [0.2, 0.25) is 0 Å². The van der Waals surface area contributed by atoms with E-state index < -0.39 is 24.0 Å². The van der Waals surface area contributed by atoms with Crippen LogP contribution in [0.1, 0.15) is 6.42 Å². The van der Waals surface area contributed by atoms with Crippen LogP contribution in [-0.2, 0) is 19.1 Å². The summed E-state index contributed by atoms with van der Waals surface area (Å²) in [6, 6.07) is 0. The van der Waals surface area contributed by atoms with Crippen molar-refractivity contribution in [2.24, 2.45) is 5.73 Å². The largest absolute Gasteiger partial charge is 0.478 e. The Morgan fingerprint density at radius 3 is 2.00 bits per heavy atom. The van der Waals surface area contributed by atoms with E-state index in [4.69, 9.17) is 15.9 Å². The standard InChI is InChI=1S/C6H9NO6/c7-2-1-3(8)13-4(5(9)10)6(11)12/h4H,1-2,7H2,(H,9,10)(H,11,12). The summed E-state index contributed by atoms with van der Waals surface area (Å²) in [5, 5.41) is 16.5. The Morgan fingerprint density at radius 1 is 1.23 bits per heavy atom. The van der Waals surface area contributed by atoms with Crippen molar-refractivity contribution in [3.05, 3.63) is 0 Å². The van der Waals surface area contributed by atoms with Crippen molar-refractivity contribution in [1.29, 1.82) is 0 Å². The summed E-state index contributed by atoms with van der Waals surface area (Å²) in [6.07, 6.45) is -2.36. The third kappa shape index (κ3) is 4.06. The first-order chi connectivity index (χ1) is 5.99. The van der Waals surface area contributed by atoms with Crippen molar-refractivity contribution < 1.29 is 29.3 Å². The zero-order valence-corrected chi connectivity index (χ0v) is 6.60. The maximum absolute atomic E-state index is 10.6. The minimum absolute atomic E-state index is 0.0230. The Bertz CT molecular complexity index is 211. The summed E-state index contributed by atoms with van der Waals surface area (Å²) >= 11 is 0. The van der Waals surface area contributed by atoms with Gasteiger partial charge in [0.1, 0.15) is 0 Å². The third-order valence-electron chi connectivity index (χ3n) is 1.05. The molecule has 74 valence electrons. The van der Waals surface area contributed by atoms with Crippen molar-refractivity contribution in [2.45, 2.75) is 12.5 Å². The molecule has 0 aliphatic rings. The monoisotopic (exact) mass is 191 g/mol. The summed E-state index contributed by atoms with van der Waals surface area (Å²) in [6.45, 7) is -0.0230. The molecule has 7 nitrogen and oxygen atoms in total. The van der Waals surface area contributed by atoms with E-state index in [1.54, 1.807) is 0 Å². The number of esters is 1. The smallest absolute Gasteiger partial charge is 0.356 e. The van der Waals surface area contributed by atoms with Crippen LogP contribution < -0.4 is 5.73 Å². The van der Waals surface area contributed by atoms with Crippen LogP contribution >= 0.6 is 0 Å². The van der Waals surface area contributed by atoms with Gasteiger partial charge in [0.15, 0.2) is 0 Å². The number of carboxylic acids is 2. The summed E-state index contributed by atoms with van der Waals surface area (Å²) < 4.78 is 4.10. The normalized spacial score (nSPS) is 9.69. The minimum atomic E-state index is -2.15. The molecule has 0 aromatic rings. The van der Waals surface area contributed by atoms with Crippen molar-refractivity contribution >= 4 is 17.9 Å². The van der Waals surface area contributed by atoms with Gasteiger partial charge in [0.25, 0.3) is 6.10 Å². The van der Waals surface area contributed by atoms with Gasteiger partial charge in [-0.1, -0.05) is 0 Å². The molecule has 7 heteroatoms. The number of carboxylic acid groups (broad SMARTS) is 2. The van der Waals surface area contributed by atoms with Gasteiger partial charge in [-0.15, -0.1) is 0 Å². The van der Waals surface area contributed by atoms with E-state index in [-0.39, 0.29) is 13.0 Å². The van der Waals surface area contributed by atoms with E-state index in [0.29, 0.717) is 0 Å². The van der Waals surface area contributed by atoms with Gasteiger partial charge in [-0.25, -0.2) is 9.59 Å². The van der Waals surface area contributed by atoms with Gasteiger partial charge in [-0.05, 0) is 0 Å². The number of ether oxygens (including phenoxy) is 1. The molecular formula is C6H9NO6. The molecule has 0 heterocycles. The van der Waals surface area contributed by atoms with E-state index in [1.807, 2.05) is 0 Å². The lowest BCUT2D eigenvalue weighted by atomic mass is 10.3. The molecule has 0 atom stereocenters. The van der Waals surface area contributed by atoms with Crippen LogP contribution in [0.25, 0.3) is 0 Å². The first-order valence-corrected chi connectivity index (χ1v) is 3.34. The number of aliphatic carboxylic acids is 2. The summed E-state index contributed by atoms with van der Waals surface area (Å²) in [5.41, 5.74) is 4.96. The van der Waals surface area contributed by atoms with Crippen molar-refractivity contribution in [3.63, 3.8) is 0 Å². The highest BCUT2D eigenvalue weighted by molar-refractivity contribution is 5.97. The average Bonchev–Trinajstić information content (AvgIpc) is 1.99. The highest BCUT2D eigenvalue weighted by Gasteiger charge is 2.29. The maximum atomic E-state index is 10.6. The average molecular weight is 191 g/mol. The molecule has 0 saturated carbocycles. The quantitative estimate of drug-likeness (QED) is 0.353. The van der Waals surface area contributed by atoms with Gasteiger partial charge in [0.05, 0.1) is 6.42 Å².